The van der Waals surface area contributed by atoms with Crippen LogP contribution in [-0.4, -0.2) is 14.8 Å². The predicted molar refractivity (Wildman–Crippen MR) is 111 cm³/mol. The summed E-state index contributed by atoms with van der Waals surface area (Å²) in [6.45, 7) is 0.673. The van der Waals surface area contributed by atoms with Crippen molar-refractivity contribution in [2.45, 2.75) is 6.54 Å². The Balaban J connectivity index is 1.77. The highest BCUT2D eigenvalue weighted by molar-refractivity contribution is 5.73. The van der Waals surface area contributed by atoms with Crippen molar-refractivity contribution in [1.82, 2.24) is 14.8 Å². The highest BCUT2D eigenvalue weighted by atomic mass is 15.3. The number of anilines is 1. The van der Waals surface area contributed by atoms with E-state index in [0.29, 0.717) is 12.2 Å². The van der Waals surface area contributed by atoms with Crippen molar-refractivity contribution < 1.29 is 0 Å². The predicted octanol–water partition coefficient (Wildman–Crippen LogP) is 4.75. The molecular formula is C23H20N4. The molecule has 0 fully saturated rings. The Morgan fingerprint density at radius 2 is 1.41 bits per heavy atom. The van der Waals surface area contributed by atoms with Gasteiger partial charge in [0, 0.05) is 11.3 Å². The summed E-state index contributed by atoms with van der Waals surface area (Å²) < 4.78 is 2.10. The minimum Gasteiger partial charge on any atom is -0.398 e. The Bertz CT molecular complexity index is 1050. The Labute approximate surface area is 158 Å². The van der Waals surface area contributed by atoms with E-state index >= 15 is 0 Å². The lowest BCUT2D eigenvalue weighted by molar-refractivity contribution is 0.794. The number of aromatic nitrogens is 3. The topological polar surface area (TPSA) is 56.7 Å². The molecular weight excluding hydrogens is 332 g/mol. The Morgan fingerprint density at radius 3 is 2.15 bits per heavy atom. The minimum absolute atomic E-state index is 0.673. The summed E-state index contributed by atoms with van der Waals surface area (Å²) in [6, 6.07) is 28.2. The zero-order valence-corrected chi connectivity index (χ0v) is 14.9. The second-order valence-electron chi connectivity index (χ2n) is 6.28. The molecule has 0 saturated carbocycles. The molecule has 0 spiro atoms. The van der Waals surface area contributed by atoms with E-state index in [-0.39, 0.29) is 0 Å². The molecule has 4 nitrogen and oxygen atoms in total. The van der Waals surface area contributed by atoms with Crippen LogP contribution in [0.25, 0.3) is 23.5 Å². The molecule has 3 aromatic carbocycles. The summed E-state index contributed by atoms with van der Waals surface area (Å²) in [5, 5.41) is 8.85. The van der Waals surface area contributed by atoms with Gasteiger partial charge in [-0.05, 0) is 29.3 Å². The number of nitrogens with two attached hydrogens (primary N) is 1. The van der Waals surface area contributed by atoms with Crippen molar-refractivity contribution in [3.8, 4) is 11.4 Å². The van der Waals surface area contributed by atoms with Gasteiger partial charge in [0.05, 0.1) is 6.54 Å². The van der Waals surface area contributed by atoms with E-state index in [1.165, 1.54) is 5.56 Å². The molecule has 0 radical (unpaired) electrons. The fourth-order valence-corrected chi connectivity index (χ4v) is 3.00. The first-order valence-electron chi connectivity index (χ1n) is 8.86. The van der Waals surface area contributed by atoms with E-state index in [0.717, 1.165) is 22.8 Å². The van der Waals surface area contributed by atoms with Crippen molar-refractivity contribution in [2.75, 3.05) is 5.73 Å². The first-order valence-corrected chi connectivity index (χ1v) is 8.86. The zero-order valence-electron chi connectivity index (χ0n) is 14.9. The standard InChI is InChI=1S/C23H20N4/c24-21-14-8-7-13-20(21)23-26-25-22(16-15-18-9-3-1-4-10-18)27(23)17-19-11-5-2-6-12-19/h1-16H,17,24H2. The van der Waals surface area contributed by atoms with Crippen LogP contribution in [-0.2, 0) is 6.54 Å². The van der Waals surface area contributed by atoms with Gasteiger partial charge in [-0.2, -0.15) is 0 Å². The minimum atomic E-state index is 0.673. The van der Waals surface area contributed by atoms with Gasteiger partial charge >= 0.3 is 0 Å². The van der Waals surface area contributed by atoms with E-state index in [1.54, 1.807) is 0 Å². The van der Waals surface area contributed by atoms with E-state index in [9.17, 15) is 0 Å². The van der Waals surface area contributed by atoms with Gasteiger partial charge in [-0.1, -0.05) is 78.9 Å². The molecule has 132 valence electrons. The lowest BCUT2D eigenvalue weighted by atomic mass is 10.1. The maximum atomic E-state index is 6.19. The molecule has 0 aliphatic heterocycles. The molecule has 0 unspecified atom stereocenters. The van der Waals surface area contributed by atoms with Crippen LogP contribution < -0.4 is 5.73 Å². The number of benzene rings is 3. The smallest absolute Gasteiger partial charge is 0.166 e. The average Bonchev–Trinajstić information content (AvgIpc) is 3.10. The van der Waals surface area contributed by atoms with Crippen LogP contribution in [0.1, 0.15) is 17.0 Å². The maximum Gasteiger partial charge on any atom is 0.166 e. The molecule has 0 saturated heterocycles. The van der Waals surface area contributed by atoms with Crippen LogP contribution in [0, 0.1) is 0 Å². The van der Waals surface area contributed by atoms with Crippen molar-refractivity contribution in [3.63, 3.8) is 0 Å². The van der Waals surface area contributed by atoms with Crippen molar-refractivity contribution in [3.05, 3.63) is 102 Å². The normalized spacial score (nSPS) is 11.1. The number of nitrogen functional groups attached to an aromatic ring is 1. The molecule has 1 heterocycles. The van der Waals surface area contributed by atoms with Crippen molar-refractivity contribution in [1.29, 1.82) is 0 Å². The van der Waals surface area contributed by atoms with Crippen molar-refractivity contribution >= 4 is 17.8 Å². The Kier molecular flexibility index (Phi) is 4.79. The number of rotatable bonds is 5. The Morgan fingerprint density at radius 1 is 0.741 bits per heavy atom. The summed E-state index contributed by atoms with van der Waals surface area (Å²) in [5.74, 6) is 1.56. The zero-order chi connectivity index (χ0) is 18.5. The first-order chi connectivity index (χ1) is 13.3. The lowest BCUT2D eigenvalue weighted by Crippen LogP contribution is -2.05. The van der Waals surface area contributed by atoms with Gasteiger partial charge in [0.2, 0.25) is 0 Å². The van der Waals surface area contributed by atoms with Gasteiger partial charge in [0.25, 0.3) is 0 Å². The molecule has 0 aliphatic rings. The third kappa shape index (κ3) is 3.80. The van der Waals surface area contributed by atoms with Crippen LogP contribution in [0.4, 0.5) is 5.69 Å². The quantitative estimate of drug-likeness (QED) is 0.528. The fraction of sp³-hybridized carbons (Fsp3) is 0.0435. The van der Waals surface area contributed by atoms with Gasteiger partial charge in [0.15, 0.2) is 11.6 Å². The Hall–Kier alpha value is -3.66. The highest BCUT2D eigenvalue weighted by Gasteiger charge is 2.14. The summed E-state index contributed by atoms with van der Waals surface area (Å²) in [5.41, 5.74) is 10.1. The highest BCUT2D eigenvalue weighted by Crippen LogP contribution is 2.26. The molecule has 1 aromatic heterocycles. The summed E-state index contributed by atoms with van der Waals surface area (Å²) in [6.07, 6.45) is 4.04. The van der Waals surface area contributed by atoms with Crippen LogP contribution in [0.5, 0.6) is 0 Å². The molecule has 4 heteroatoms. The SMILES string of the molecule is Nc1ccccc1-c1nnc(C=Cc2ccccc2)n1Cc1ccccc1. The molecule has 2 N–H and O–H groups in total. The van der Waals surface area contributed by atoms with Gasteiger partial charge in [-0.15, -0.1) is 10.2 Å². The van der Waals surface area contributed by atoms with Crippen LogP contribution in [0.2, 0.25) is 0 Å². The summed E-state index contributed by atoms with van der Waals surface area (Å²) >= 11 is 0. The van der Waals surface area contributed by atoms with Gasteiger partial charge < -0.3 is 10.3 Å². The molecule has 4 rings (SSSR count). The summed E-state index contributed by atoms with van der Waals surface area (Å²) in [7, 11) is 0. The molecule has 0 aliphatic carbocycles. The van der Waals surface area contributed by atoms with E-state index in [1.807, 2.05) is 72.8 Å². The molecule has 0 bridgehead atoms. The molecule has 27 heavy (non-hydrogen) atoms. The van der Waals surface area contributed by atoms with Crippen LogP contribution >= 0.6 is 0 Å². The van der Waals surface area contributed by atoms with Crippen molar-refractivity contribution in [2.24, 2.45) is 0 Å². The number of hydrogen-bond acceptors (Lipinski definition) is 3. The first kappa shape index (κ1) is 16.8. The van der Waals surface area contributed by atoms with Crippen LogP contribution in [0.15, 0.2) is 84.9 Å². The molecule has 0 amide bonds. The van der Waals surface area contributed by atoms with Gasteiger partial charge in [-0.25, -0.2) is 0 Å². The van der Waals surface area contributed by atoms with E-state index < -0.39 is 0 Å². The largest absolute Gasteiger partial charge is 0.398 e. The molecule has 0 atom stereocenters. The number of nitrogens with zero attached hydrogens (tertiary/aromatic N) is 3. The second kappa shape index (κ2) is 7.70. The number of para-hydroxylation sites is 1. The van der Waals surface area contributed by atoms with Crippen LogP contribution in [0.3, 0.4) is 0 Å². The summed E-state index contributed by atoms with van der Waals surface area (Å²) in [4.78, 5) is 0. The maximum absolute atomic E-state index is 6.19. The van der Waals surface area contributed by atoms with Gasteiger partial charge in [-0.3, -0.25) is 0 Å². The average molecular weight is 352 g/mol. The lowest BCUT2D eigenvalue weighted by Gasteiger charge is -2.10. The molecule has 4 aromatic rings. The number of hydrogen-bond donors (Lipinski definition) is 1. The third-order valence-electron chi connectivity index (χ3n) is 4.39. The van der Waals surface area contributed by atoms with E-state index in [4.69, 9.17) is 5.73 Å². The van der Waals surface area contributed by atoms with E-state index in [2.05, 4.69) is 39.0 Å². The fourth-order valence-electron chi connectivity index (χ4n) is 3.00. The monoisotopic (exact) mass is 352 g/mol. The third-order valence-corrected chi connectivity index (χ3v) is 4.39. The second-order valence-corrected chi connectivity index (χ2v) is 6.28. The van der Waals surface area contributed by atoms with Gasteiger partial charge in [0.1, 0.15) is 0 Å².